The Bertz CT molecular complexity index is 925. The molecule has 1 saturated heterocycles. The van der Waals surface area contributed by atoms with Gasteiger partial charge in [-0.15, -0.1) is 11.8 Å². The first-order chi connectivity index (χ1) is 14.8. The molecule has 0 unspecified atom stereocenters. The predicted octanol–water partition coefficient (Wildman–Crippen LogP) is 4.25. The molecule has 0 spiro atoms. The van der Waals surface area contributed by atoms with Crippen LogP contribution in [0.2, 0.25) is 0 Å². The number of carbonyl (C=O) groups is 1. The van der Waals surface area contributed by atoms with Crippen LogP contribution in [0.15, 0.2) is 65.6 Å². The van der Waals surface area contributed by atoms with E-state index in [1.165, 1.54) is 17.1 Å². The van der Waals surface area contributed by atoms with Gasteiger partial charge in [-0.2, -0.15) is 4.37 Å². The number of hydrogen-bond acceptors (Lipinski definition) is 6. The largest absolute Gasteiger partial charge is 0.355 e. The van der Waals surface area contributed by atoms with Crippen molar-refractivity contribution in [3.05, 3.63) is 72.1 Å². The lowest BCUT2D eigenvalue weighted by atomic mass is 9.97. The Balaban J connectivity index is 1.17. The summed E-state index contributed by atoms with van der Waals surface area (Å²) in [7, 11) is 0. The summed E-state index contributed by atoms with van der Waals surface area (Å²) in [5.41, 5.74) is 1.24. The van der Waals surface area contributed by atoms with Crippen molar-refractivity contribution < 1.29 is 4.79 Å². The Kier molecular flexibility index (Phi) is 7.37. The molecule has 0 bridgehead atoms. The van der Waals surface area contributed by atoms with E-state index >= 15 is 0 Å². The summed E-state index contributed by atoms with van der Waals surface area (Å²) >= 11 is 3.07. The third-order valence-electron chi connectivity index (χ3n) is 5.25. The van der Waals surface area contributed by atoms with Crippen LogP contribution in [0.1, 0.15) is 24.2 Å². The summed E-state index contributed by atoms with van der Waals surface area (Å²) in [5, 5.41) is 4.12. The van der Waals surface area contributed by atoms with E-state index in [0.29, 0.717) is 11.7 Å². The maximum absolute atomic E-state index is 12.1. The molecule has 1 amide bonds. The van der Waals surface area contributed by atoms with E-state index in [-0.39, 0.29) is 5.91 Å². The van der Waals surface area contributed by atoms with Crippen LogP contribution in [0.5, 0.6) is 0 Å². The third kappa shape index (κ3) is 6.06. The molecule has 30 heavy (non-hydrogen) atoms. The molecule has 1 fully saturated rings. The van der Waals surface area contributed by atoms with E-state index in [9.17, 15) is 4.79 Å². The number of rotatable bonds is 8. The number of piperidine rings is 1. The lowest BCUT2D eigenvalue weighted by Gasteiger charge is -2.31. The zero-order valence-corrected chi connectivity index (χ0v) is 18.5. The van der Waals surface area contributed by atoms with Crippen molar-refractivity contribution >= 4 is 34.3 Å². The highest BCUT2D eigenvalue weighted by Gasteiger charge is 2.22. The summed E-state index contributed by atoms with van der Waals surface area (Å²) in [4.78, 5) is 20.3. The summed E-state index contributed by atoms with van der Waals surface area (Å²) < 4.78 is 4.54. The van der Waals surface area contributed by atoms with Gasteiger partial charge in [0.05, 0.1) is 5.75 Å². The number of anilines is 1. The molecule has 7 heteroatoms. The third-order valence-corrected chi connectivity index (χ3v) is 7.08. The van der Waals surface area contributed by atoms with Crippen LogP contribution in [-0.4, -0.2) is 40.7 Å². The second-order valence-corrected chi connectivity index (χ2v) is 9.27. The van der Waals surface area contributed by atoms with Crippen LogP contribution in [0.4, 0.5) is 5.13 Å². The van der Waals surface area contributed by atoms with E-state index in [2.05, 4.69) is 26.7 Å². The van der Waals surface area contributed by atoms with Crippen molar-refractivity contribution in [1.29, 1.82) is 0 Å². The number of nitrogens with zero attached hydrogens (tertiary/aromatic N) is 3. The maximum atomic E-state index is 12.1. The first-order valence-corrected chi connectivity index (χ1v) is 12.1. The molecule has 1 aromatic heterocycles. The molecule has 0 atom stereocenters. The van der Waals surface area contributed by atoms with Crippen LogP contribution in [0, 0.1) is 5.92 Å². The Morgan fingerprint density at radius 1 is 1.07 bits per heavy atom. The molecule has 1 N–H and O–H groups in total. The van der Waals surface area contributed by atoms with E-state index in [1.54, 1.807) is 11.8 Å². The molecule has 0 aliphatic carbocycles. The Morgan fingerprint density at radius 3 is 2.50 bits per heavy atom. The number of amides is 1. The van der Waals surface area contributed by atoms with Gasteiger partial charge in [-0.3, -0.25) is 4.79 Å². The average molecular weight is 439 g/mol. The molecule has 2 aromatic carbocycles. The van der Waals surface area contributed by atoms with Crippen LogP contribution < -0.4 is 10.2 Å². The van der Waals surface area contributed by atoms with E-state index in [1.807, 2.05) is 48.5 Å². The maximum Gasteiger partial charge on any atom is 0.230 e. The summed E-state index contributed by atoms with van der Waals surface area (Å²) in [6.07, 6.45) is 2.92. The van der Waals surface area contributed by atoms with Gasteiger partial charge < -0.3 is 10.2 Å². The second-order valence-electron chi connectivity index (χ2n) is 7.49. The molecule has 1 aliphatic rings. The monoisotopic (exact) mass is 438 g/mol. The molecular formula is C23H26N4OS2. The number of benzene rings is 2. The topological polar surface area (TPSA) is 58.1 Å². The van der Waals surface area contributed by atoms with Crippen molar-refractivity contribution in [2.75, 3.05) is 30.3 Å². The molecule has 2 heterocycles. The average Bonchev–Trinajstić information content (AvgIpc) is 3.26. The van der Waals surface area contributed by atoms with Gasteiger partial charge in [-0.1, -0.05) is 48.5 Å². The van der Waals surface area contributed by atoms with Crippen LogP contribution in [0.25, 0.3) is 0 Å². The minimum Gasteiger partial charge on any atom is -0.355 e. The number of hydrogen-bond donors (Lipinski definition) is 1. The van der Waals surface area contributed by atoms with Crippen molar-refractivity contribution in [1.82, 2.24) is 14.7 Å². The van der Waals surface area contributed by atoms with Crippen molar-refractivity contribution in [2.45, 2.75) is 24.2 Å². The van der Waals surface area contributed by atoms with Gasteiger partial charge in [0.25, 0.3) is 0 Å². The van der Waals surface area contributed by atoms with Gasteiger partial charge in [0.1, 0.15) is 5.82 Å². The van der Waals surface area contributed by atoms with Gasteiger partial charge in [0, 0.05) is 42.5 Å². The van der Waals surface area contributed by atoms with E-state index in [0.717, 1.165) is 54.7 Å². The Morgan fingerprint density at radius 2 is 1.77 bits per heavy atom. The molecule has 156 valence electrons. The smallest absolute Gasteiger partial charge is 0.230 e. The van der Waals surface area contributed by atoms with E-state index < -0.39 is 0 Å². The second kappa shape index (κ2) is 10.6. The fourth-order valence-corrected chi connectivity index (χ4v) is 5.01. The summed E-state index contributed by atoms with van der Waals surface area (Å²) in [6.45, 7) is 2.70. The highest BCUT2D eigenvalue weighted by Crippen LogP contribution is 2.25. The molecule has 4 rings (SSSR count). The van der Waals surface area contributed by atoms with Gasteiger partial charge in [0.15, 0.2) is 0 Å². The SMILES string of the molecule is O=C(CSc1ccccc1)NCC1CCN(c2nc(Cc3ccccc3)ns2)CC1. The zero-order chi connectivity index (χ0) is 20.6. The first-order valence-electron chi connectivity index (χ1n) is 10.3. The van der Waals surface area contributed by atoms with Gasteiger partial charge >= 0.3 is 0 Å². The highest BCUT2D eigenvalue weighted by molar-refractivity contribution is 8.00. The Labute approximate surface area is 186 Å². The van der Waals surface area contributed by atoms with Gasteiger partial charge in [-0.25, -0.2) is 4.98 Å². The number of thioether (sulfide) groups is 1. The van der Waals surface area contributed by atoms with E-state index in [4.69, 9.17) is 4.98 Å². The van der Waals surface area contributed by atoms with Crippen molar-refractivity contribution in [3.8, 4) is 0 Å². The molecule has 0 saturated carbocycles. The summed E-state index contributed by atoms with van der Waals surface area (Å²) in [5.74, 6) is 2.01. The number of carbonyl (C=O) groups excluding carboxylic acids is 1. The number of nitrogens with one attached hydrogen (secondary N) is 1. The zero-order valence-electron chi connectivity index (χ0n) is 16.9. The summed E-state index contributed by atoms with van der Waals surface area (Å²) in [6, 6.07) is 20.4. The van der Waals surface area contributed by atoms with Crippen LogP contribution in [0.3, 0.4) is 0 Å². The Hall–Kier alpha value is -2.38. The standard InChI is InChI=1S/C23H26N4OS2/c28-22(17-29-20-9-5-2-6-10-20)24-16-19-11-13-27(14-12-19)23-25-21(26-30-23)15-18-7-3-1-4-8-18/h1-10,19H,11-17H2,(H,24,28). The lowest BCUT2D eigenvalue weighted by molar-refractivity contribution is -0.118. The lowest BCUT2D eigenvalue weighted by Crippen LogP contribution is -2.39. The van der Waals surface area contributed by atoms with Crippen molar-refractivity contribution in [3.63, 3.8) is 0 Å². The molecule has 1 aliphatic heterocycles. The fourth-order valence-electron chi connectivity index (χ4n) is 3.53. The molecule has 3 aromatic rings. The molecule has 0 radical (unpaired) electrons. The van der Waals surface area contributed by atoms with Gasteiger partial charge in [0.2, 0.25) is 11.0 Å². The van der Waals surface area contributed by atoms with Crippen LogP contribution >= 0.6 is 23.3 Å². The van der Waals surface area contributed by atoms with Crippen molar-refractivity contribution in [2.24, 2.45) is 5.92 Å². The molecule has 5 nitrogen and oxygen atoms in total. The first kappa shape index (κ1) is 20.9. The highest BCUT2D eigenvalue weighted by atomic mass is 32.2. The fraction of sp³-hybridized carbons (Fsp3) is 0.348. The van der Waals surface area contributed by atoms with Gasteiger partial charge in [-0.05, 0) is 36.5 Å². The predicted molar refractivity (Wildman–Crippen MR) is 124 cm³/mol. The normalized spacial score (nSPS) is 14.6. The molecular weight excluding hydrogens is 412 g/mol. The number of aromatic nitrogens is 2. The quantitative estimate of drug-likeness (QED) is 0.533. The minimum absolute atomic E-state index is 0.112. The minimum atomic E-state index is 0.112. The van der Waals surface area contributed by atoms with Crippen LogP contribution in [-0.2, 0) is 11.2 Å².